The van der Waals surface area contributed by atoms with Crippen molar-refractivity contribution >= 4 is 29.1 Å². The molecule has 13 nitrogen and oxygen atoms in total. The monoisotopic (exact) mass is 910 g/mol. The number of allylic oxidation sites excluding steroid dienone is 8. The van der Waals surface area contributed by atoms with E-state index in [2.05, 4.69) is 6.92 Å². The van der Waals surface area contributed by atoms with Gasteiger partial charge in [-0.25, -0.2) is 8.78 Å². The molecule has 3 N–H and O–H groups in total. The third-order valence-corrected chi connectivity index (χ3v) is 18.5. The zero-order valence-electron chi connectivity index (χ0n) is 38.8. The lowest BCUT2D eigenvalue weighted by molar-refractivity contribution is -0.249. The van der Waals surface area contributed by atoms with E-state index in [1.54, 1.807) is 46.8 Å². The van der Waals surface area contributed by atoms with Crippen LogP contribution in [0.4, 0.5) is 8.78 Å². The lowest BCUT2D eigenvalue weighted by Gasteiger charge is -2.63. The number of ether oxygens (including phenoxy) is 5. The third kappa shape index (κ3) is 6.06. The van der Waals surface area contributed by atoms with Crippen LogP contribution in [-0.4, -0.2) is 117 Å². The third-order valence-electron chi connectivity index (χ3n) is 18.5. The van der Waals surface area contributed by atoms with Crippen molar-refractivity contribution < 1.29 is 71.8 Å². The molecule has 15 heteroatoms. The molecule has 0 unspecified atom stereocenters. The van der Waals surface area contributed by atoms with Gasteiger partial charge in [-0.05, 0) is 127 Å². The number of carbonyl (C=O) groups is 5. The number of esters is 1. The summed E-state index contributed by atoms with van der Waals surface area (Å²) in [4.78, 5) is 62.2. The van der Waals surface area contributed by atoms with Gasteiger partial charge < -0.3 is 39.0 Å². The van der Waals surface area contributed by atoms with E-state index in [-0.39, 0.29) is 59.6 Å². The Kier molecular flexibility index (Phi) is 10.5. The summed E-state index contributed by atoms with van der Waals surface area (Å²) in [6, 6.07) is 0. The van der Waals surface area contributed by atoms with E-state index >= 15 is 8.78 Å². The van der Waals surface area contributed by atoms with E-state index in [0.717, 1.165) is 24.5 Å². The zero-order valence-corrected chi connectivity index (χ0v) is 38.8. The Hall–Kier alpha value is -3.31. The van der Waals surface area contributed by atoms with Crippen molar-refractivity contribution in [3.8, 4) is 0 Å². The van der Waals surface area contributed by atoms with Gasteiger partial charge in [0.25, 0.3) is 0 Å². The van der Waals surface area contributed by atoms with E-state index in [1.165, 1.54) is 26.0 Å². The number of hydrogen-bond acceptors (Lipinski definition) is 13. The second-order valence-corrected chi connectivity index (χ2v) is 22.5. The maximum Gasteiger partial charge on any atom is 0.303 e. The van der Waals surface area contributed by atoms with Crippen LogP contribution >= 0.6 is 0 Å². The van der Waals surface area contributed by atoms with Crippen LogP contribution in [0.2, 0.25) is 0 Å². The predicted molar refractivity (Wildman–Crippen MR) is 227 cm³/mol. The van der Waals surface area contributed by atoms with Crippen molar-refractivity contribution in [1.82, 2.24) is 0 Å². The number of halogens is 2. The van der Waals surface area contributed by atoms with Crippen molar-refractivity contribution in [2.75, 3.05) is 13.2 Å². The molecule has 0 aromatic carbocycles. The summed E-state index contributed by atoms with van der Waals surface area (Å²) in [5, 5.41) is 32.8. The Morgan fingerprint density at radius 2 is 1.35 bits per heavy atom. The van der Waals surface area contributed by atoms with Gasteiger partial charge in [0.2, 0.25) is 5.78 Å². The molecule has 65 heavy (non-hydrogen) atoms. The summed E-state index contributed by atoms with van der Waals surface area (Å²) in [7, 11) is 0. The number of aliphatic hydroxyl groups is 3. The van der Waals surface area contributed by atoms with Crippen molar-refractivity contribution in [2.24, 2.45) is 51.2 Å². The van der Waals surface area contributed by atoms with E-state index in [9.17, 15) is 39.3 Å². The fourth-order valence-corrected chi connectivity index (χ4v) is 16.1. The molecule has 6 saturated carbocycles. The standard InChI is InChI=1S/C26H32F2O7.C24H32O6/c1-13(29)33-12-20(32)26-21(34-22(2,3)35-26)10-15-16-9-18(27)17-8-14(30)6-7-23(17,4)25(16,28)19(31)11-24(15,26)5;1-21(2)29-19-10-16-15-6-5-13-9-14(26)7-8-22(13,3)20(15)17(27)11-23(16,4)24(19,30-21)18(28)12-25/h6-8,15-16,18-19,21,31H,9-12H2,1-5H3;7-9,15-17,19-20,25,27H,5-6,10-12H2,1-4H3/t15-,16-,18-,19-,21+,23-,24-,25-,26+;15-,16-,17-,19+,20+,22-,23-,24+/m00/s1. The van der Waals surface area contributed by atoms with Gasteiger partial charge in [-0.15, -0.1) is 0 Å². The molecular weight excluding hydrogens is 847 g/mol. The molecule has 17 atom stereocenters. The smallest absolute Gasteiger partial charge is 0.303 e. The van der Waals surface area contributed by atoms with E-state index < -0.39 is 118 Å². The van der Waals surface area contributed by atoms with Gasteiger partial charge in [0.15, 0.2) is 52.4 Å². The molecule has 8 aliphatic carbocycles. The number of Topliss-reactive ketones (excluding diaryl/α,β-unsaturated/α-hetero) is 2. The molecular formula is C50H64F2O13. The molecule has 0 amide bonds. The fraction of sp³-hybridized carbons (Fsp3) is 0.740. The largest absolute Gasteiger partial charge is 0.458 e. The molecule has 8 fully saturated rings. The average Bonchev–Trinajstić information content (AvgIpc) is 3.83. The van der Waals surface area contributed by atoms with Crippen molar-refractivity contribution in [2.45, 2.75) is 166 Å². The first-order chi connectivity index (χ1) is 30.1. The Balaban J connectivity index is 0.000000166. The van der Waals surface area contributed by atoms with Gasteiger partial charge in [0, 0.05) is 40.4 Å². The first-order valence-corrected chi connectivity index (χ1v) is 23.3. The first-order valence-electron chi connectivity index (χ1n) is 23.3. The predicted octanol–water partition coefficient (Wildman–Crippen LogP) is 5.26. The van der Waals surface area contributed by atoms with Gasteiger partial charge in [0.1, 0.15) is 12.8 Å². The molecule has 10 aliphatic rings. The van der Waals surface area contributed by atoms with Crippen LogP contribution in [-0.2, 0) is 47.7 Å². The summed E-state index contributed by atoms with van der Waals surface area (Å²) in [5.74, 6) is -5.18. The Bertz CT molecular complexity index is 2250. The van der Waals surface area contributed by atoms with Gasteiger partial charge >= 0.3 is 5.97 Å². The van der Waals surface area contributed by atoms with Crippen LogP contribution in [0.15, 0.2) is 47.6 Å². The van der Waals surface area contributed by atoms with Gasteiger partial charge in [-0.3, -0.25) is 24.0 Å². The molecule has 0 radical (unpaired) electrons. The first kappa shape index (κ1) is 46.8. The molecule has 2 heterocycles. The normalized spacial score (nSPS) is 50.1. The molecule has 2 aliphatic heterocycles. The molecule has 2 saturated heterocycles. The number of aliphatic hydroxyl groups excluding tert-OH is 3. The maximum atomic E-state index is 17.3. The highest BCUT2D eigenvalue weighted by atomic mass is 19.1. The topological polar surface area (TPSA) is 192 Å². The molecule has 10 rings (SSSR count). The van der Waals surface area contributed by atoms with Crippen LogP contribution in [0.3, 0.4) is 0 Å². The lowest BCUT2D eigenvalue weighted by Crippen LogP contribution is -2.71. The van der Waals surface area contributed by atoms with Crippen molar-refractivity contribution in [3.05, 3.63) is 47.6 Å². The summed E-state index contributed by atoms with van der Waals surface area (Å²) in [6.07, 6.45) is 6.69. The number of alkyl halides is 2. The quantitative estimate of drug-likeness (QED) is 0.303. The number of fused-ring (bicyclic) bond motifs is 14. The number of hydrogen-bond donors (Lipinski definition) is 3. The second-order valence-electron chi connectivity index (χ2n) is 22.5. The van der Waals surface area contributed by atoms with Crippen LogP contribution < -0.4 is 0 Å². The van der Waals surface area contributed by atoms with E-state index in [0.29, 0.717) is 12.8 Å². The second kappa shape index (κ2) is 14.6. The van der Waals surface area contributed by atoms with Crippen LogP contribution in [0.1, 0.15) is 107 Å². The van der Waals surface area contributed by atoms with Crippen LogP contribution in [0, 0.1) is 51.2 Å². The van der Waals surface area contributed by atoms with Crippen molar-refractivity contribution in [3.63, 3.8) is 0 Å². The fourth-order valence-electron chi connectivity index (χ4n) is 16.1. The highest BCUT2D eigenvalue weighted by molar-refractivity contribution is 6.02. The number of ketones is 4. The van der Waals surface area contributed by atoms with Crippen LogP contribution in [0.25, 0.3) is 0 Å². The lowest BCUT2D eigenvalue weighted by atomic mass is 9.44. The highest BCUT2D eigenvalue weighted by Crippen LogP contribution is 2.73. The molecule has 0 aromatic rings. The minimum absolute atomic E-state index is 0.0167. The Labute approximate surface area is 378 Å². The van der Waals surface area contributed by atoms with Gasteiger partial charge in [-0.2, -0.15) is 0 Å². The van der Waals surface area contributed by atoms with Crippen LogP contribution in [0.5, 0.6) is 0 Å². The molecule has 0 spiro atoms. The summed E-state index contributed by atoms with van der Waals surface area (Å²) >= 11 is 0. The van der Waals surface area contributed by atoms with E-state index in [1.807, 2.05) is 13.0 Å². The Morgan fingerprint density at radius 3 is 1.97 bits per heavy atom. The van der Waals surface area contributed by atoms with Gasteiger partial charge in [-0.1, -0.05) is 38.5 Å². The van der Waals surface area contributed by atoms with Gasteiger partial charge in [0.05, 0.1) is 24.4 Å². The maximum absolute atomic E-state index is 17.3. The minimum atomic E-state index is -2.27. The number of rotatable bonds is 5. The molecule has 356 valence electrons. The molecule has 0 aromatic heterocycles. The highest BCUT2D eigenvalue weighted by Gasteiger charge is 2.81. The van der Waals surface area contributed by atoms with Crippen molar-refractivity contribution in [1.29, 1.82) is 0 Å². The number of carbonyl (C=O) groups excluding carboxylic acids is 5. The minimum Gasteiger partial charge on any atom is -0.458 e. The summed E-state index contributed by atoms with van der Waals surface area (Å²) < 4.78 is 62.9. The average molecular weight is 911 g/mol. The summed E-state index contributed by atoms with van der Waals surface area (Å²) in [5.41, 5.74) is -7.58. The molecule has 0 bridgehead atoms. The zero-order chi connectivity index (χ0) is 47.5. The Morgan fingerprint density at radius 1 is 0.785 bits per heavy atom. The SMILES string of the molecule is CC(=O)OCC(=O)[C@@]12OC(C)(C)O[C@@H]1C[C@H]1[C@@H]3C[C@H](F)C4=CC(=O)C=C[C@]4(C)[C@@]3(F)[C@@H](O)C[C@@]12C.CC1(C)O[C@@H]2C[C@H]3[C@@H]4CCC5=CC(=O)C=C[C@]5(C)[C@H]4[C@@H](O)C[C@]3(C)[C@]2(C(=O)CO)O1. The summed E-state index contributed by atoms with van der Waals surface area (Å²) in [6.45, 7) is 14.5. The van der Waals surface area contributed by atoms with E-state index in [4.69, 9.17) is 23.7 Å².